The lowest BCUT2D eigenvalue weighted by Crippen LogP contribution is -2.31. The molecule has 0 atom stereocenters. The first kappa shape index (κ1) is 18.5. The van der Waals surface area contributed by atoms with Crippen LogP contribution in [-0.4, -0.2) is 63.7 Å². The summed E-state index contributed by atoms with van der Waals surface area (Å²) in [5.74, 6) is -1.84. The molecule has 2 N–H and O–H groups in total. The zero-order valence-corrected chi connectivity index (χ0v) is 14.8. The molecule has 10 heteroatoms. The molecule has 3 rings (SSSR count). The highest BCUT2D eigenvalue weighted by Gasteiger charge is 2.34. The summed E-state index contributed by atoms with van der Waals surface area (Å²) >= 11 is 0. The number of esters is 1. The summed E-state index contributed by atoms with van der Waals surface area (Å²) in [6.45, 7) is 1.54. The van der Waals surface area contributed by atoms with Gasteiger partial charge in [0.15, 0.2) is 0 Å². The number of amides is 1. The predicted octanol–water partition coefficient (Wildman–Crippen LogP) is 0.388. The van der Waals surface area contributed by atoms with E-state index in [0.29, 0.717) is 11.4 Å². The molecular weight excluding hydrogens is 357 g/mol. The average Bonchev–Trinajstić information content (AvgIpc) is 3.21. The molecule has 1 aliphatic rings. The Balaban J connectivity index is 1.90. The smallest absolute Gasteiger partial charge is 0.337 e. The van der Waals surface area contributed by atoms with Gasteiger partial charge in [0, 0.05) is 12.6 Å². The predicted molar refractivity (Wildman–Crippen MR) is 92.4 cm³/mol. The maximum Gasteiger partial charge on any atom is 0.337 e. The molecule has 2 heterocycles. The second-order valence-corrected chi connectivity index (χ2v) is 5.89. The van der Waals surface area contributed by atoms with E-state index in [-0.39, 0.29) is 36.7 Å². The fourth-order valence-electron chi connectivity index (χ4n) is 2.71. The standard InChI is InChI=1S/C17H18FN5O4/c1-10-8-23(21-20-10)11-3-4-14(13(18)7-11)19-15-12(17(26)27-2)9-22(5-6-24)16(15)25/h3-4,7-8,19,24H,5-6,9H2,1-2H3. The summed E-state index contributed by atoms with van der Waals surface area (Å²) in [7, 11) is 1.20. The molecule has 1 aromatic heterocycles. The zero-order chi connectivity index (χ0) is 19.6. The SMILES string of the molecule is COC(=O)C1=C(Nc2ccc(-n3cc(C)nn3)cc2F)C(=O)N(CCO)C1. The summed E-state index contributed by atoms with van der Waals surface area (Å²) < 4.78 is 20.7. The number of aliphatic hydroxyl groups excluding tert-OH is 1. The third-order valence-corrected chi connectivity index (χ3v) is 4.04. The number of carbonyl (C=O) groups is 2. The summed E-state index contributed by atoms with van der Waals surface area (Å²) in [5, 5.41) is 19.5. The van der Waals surface area contributed by atoms with Crippen molar-refractivity contribution >= 4 is 17.6 Å². The minimum absolute atomic E-state index is 0.0196. The number of nitrogens with one attached hydrogen (secondary N) is 1. The van der Waals surface area contributed by atoms with E-state index < -0.39 is 17.7 Å². The summed E-state index contributed by atoms with van der Waals surface area (Å²) in [4.78, 5) is 25.7. The van der Waals surface area contributed by atoms with Gasteiger partial charge in [0.2, 0.25) is 0 Å². The molecule has 0 unspecified atom stereocenters. The van der Waals surface area contributed by atoms with Gasteiger partial charge in [0.1, 0.15) is 11.5 Å². The van der Waals surface area contributed by atoms with Crippen LogP contribution in [0.25, 0.3) is 5.69 Å². The van der Waals surface area contributed by atoms with Crippen LogP contribution in [0.1, 0.15) is 5.69 Å². The second kappa shape index (κ2) is 7.54. The lowest BCUT2D eigenvalue weighted by atomic mass is 10.2. The van der Waals surface area contributed by atoms with Gasteiger partial charge < -0.3 is 20.1 Å². The molecule has 1 amide bonds. The van der Waals surface area contributed by atoms with E-state index in [1.807, 2.05) is 0 Å². The Labute approximate surface area is 154 Å². The van der Waals surface area contributed by atoms with Gasteiger partial charge in [-0.1, -0.05) is 5.21 Å². The number of aromatic nitrogens is 3. The lowest BCUT2D eigenvalue weighted by molar-refractivity contribution is -0.136. The number of rotatable bonds is 6. The van der Waals surface area contributed by atoms with E-state index in [0.717, 1.165) is 0 Å². The Hall–Kier alpha value is -3.27. The Morgan fingerprint density at radius 1 is 1.44 bits per heavy atom. The van der Waals surface area contributed by atoms with E-state index in [1.165, 1.54) is 28.8 Å². The molecule has 1 aromatic carbocycles. The molecule has 0 radical (unpaired) electrons. The Morgan fingerprint density at radius 2 is 2.22 bits per heavy atom. The fraction of sp³-hybridized carbons (Fsp3) is 0.294. The first-order valence-electron chi connectivity index (χ1n) is 8.12. The number of β-amino-alcohol motifs (C(OH)–C–C–N with tert-alkyl or cyclic N) is 1. The number of halogens is 1. The molecule has 0 bridgehead atoms. The van der Waals surface area contributed by atoms with Gasteiger partial charge in [-0.25, -0.2) is 13.9 Å². The maximum absolute atomic E-state index is 14.6. The van der Waals surface area contributed by atoms with Gasteiger partial charge in [-0.05, 0) is 19.1 Å². The minimum atomic E-state index is -0.693. The normalized spacial score (nSPS) is 14.1. The van der Waals surface area contributed by atoms with Crippen LogP contribution in [0, 0.1) is 12.7 Å². The number of aryl methyl sites for hydroxylation is 1. The van der Waals surface area contributed by atoms with Crippen LogP contribution >= 0.6 is 0 Å². The van der Waals surface area contributed by atoms with Crippen LogP contribution in [0.4, 0.5) is 10.1 Å². The highest BCUT2D eigenvalue weighted by Crippen LogP contribution is 2.25. The van der Waals surface area contributed by atoms with E-state index in [2.05, 4.69) is 15.6 Å². The number of hydrogen-bond acceptors (Lipinski definition) is 7. The van der Waals surface area contributed by atoms with Gasteiger partial charge in [-0.3, -0.25) is 4.79 Å². The first-order chi connectivity index (χ1) is 12.9. The van der Waals surface area contributed by atoms with Gasteiger partial charge in [0.05, 0.1) is 49.1 Å². The highest BCUT2D eigenvalue weighted by atomic mass is 19.1. The maximum atomic E-state index is 14.6. The molecule has 142 valence electrons. The Morgan fingerprint density at radius 3 is 2.81 bits per heavy atom. The van der Waals surface area contributed by atoms with E-state index in [1.54, 1.807) is 19.2 Å². The number of anilines is 1. The topological polar surface area (TPSA) is 110 Å². The number of carbonyl (C=O) groups excluding carboxylic acids is 2. The number of nitrogens with zero attached hydrogens (tertiary/aromatic N) is 4. The second-order valence-electron chi connectivity index (χ2n) is 5.89. The number of aliphatic hydroxyl groups is 1. The number of methoxy groups -OCH3 is 1. The lowest BCUT2D eigenvalue weighted by Gasteiger charge is -2.15. The Bertz CT molecular complexity index is 924. The monoisotopic (exact) mass is 375 g/mol. The molecule has 27 heavy (non-hydrogen) atoms. The van der Waals surface area contributed by atoms with Crippen molar-refractivity contribution in [2.24, 2.45) is 0 Å². The van der Waals surface area contributed by atoms with Crippen LogP contribution < -0.4 is 5.32 Å². The van der Waals surface area contributed by atoms with Crippen molar-refractivity contribution in [3.8, 4) is 5.69 Å². The van der Waals surface area contributed by atoms with Crippen molar-refractivity contribution in [3.63, 3.8) is 0 Å². The molecule has 0 saturated heterocycles. The quantitative estimate of drug-likeness (QED) is 0.703. The third-order valence-electron chi connectivity index (χ3n) is 4.04. The van der Waals surface area contributed by atoms with Gasteiger partial charge in [-0.15, -0.1) is 5.10 Å². The van der Waals surface area contributed by atoms with Crippen LogP contribution in [0.15, 0.2) is 35.7 Å². The first-order valence-corrected chi connectivity index (χ1v) is 8.12. The van der Waals surface area contributed by atoms with Crippen molar-refractivity contribution in [3.05, 3.63) is 47.2 Å². The molecule has 0 spiro atoms. The van der Waals surface area contributed by atoms with E-state index >= 15 is 0 Å². The van der Waals surface area contributed by atoms with E-state index in [4.69, 9.17) is 9.84 Å². The van der Waals surface area contributed by atoms with Crippen molar-refractivity contribution in [2.75, 3.05) is 32.1 Å². The van der Waals surface area contributed by atoms with Crippen molar-refractivity contribution in [1.29, 1.82) is 0 Å². The third kappa shape index (κ3) is 3.65. The van der Waals surface area contributed by atoms with Crippen LogP contribution in [0.3, 0.4) is 0 Å². The summed E-state index contributed by atoms with van der Waals surface area (Å²) in [6, 6.07) is 4.27. The molecule has 0 fully saturated rings. The molecule has 0 aliphatic carbocycles. The van der Waals surface area contributed by atoms with Gasteiger partial charge in [0.25, 0.3) is 5.91 Å². The summed E-state index contributed by atoms with van der Waals surface area (Å²) in [6.07, 6.45) is 1.65. The van der Waals surface area contributed by atoms with Crippen molar-refractivity contribution in [1.82, 2.24) is 19.9 Å². The molecule has 2 aromatic rings. The zero-order valence-electron chi connectivity index (χ0n) is 14.8. The number of hydrogen-bond donors (Lipinski definition) is 2. The number of ether oxygens (including phenoxy) is 1. The number of benzene rings is 1. The fourth-order valence-corrected chi connectivity index (χ4v) is 2.71. The van der Waals surface area contributed by atoms with Crippen LogP contribution in [-0.2, 0) is 14.3 Å². The Kier molecular flexibility index (Phi) is 5.17. The molecule has 1 aliphatic heterocycles. The average molecular weight is 375 g/mol. The van der Waals surface area contributed by atoms with Gasteiger partial charge in [-0.2, -0.15) is 0 Å². The van der Waals surface area contributed by atoms with Crippen molar-refractivity contribution < 1.29 is 23.8 Å². The molecular formula is C17H18FN5O4. The van der Waals surface area contributed by atoms with E-state index in [9.17, 15) is 14.0 Å². The largest absolute Gasteiger partial charge is 0.466 e. The molecule has 9 nitrogen and oxygen atoms in total. The highest BCUT2D eigenvalue weighted by molar-refractivity contribution is 6.08. The van der Waals surface area contributed by atoms with Crippen LogP contribution in [0.2, 0.25) is 0 Å². The molecule has 0 saturated carbocycles. The summed E-state index contributed by atoms with van der Waals surface area (Å²) in [5.41, 5.74) is 1.17. The van der Waals surface area contributed by atoms with Crippen LogP contribution in [0.5, 0.6) is 0 Å². The van der Waals surface area contributed by atoms with Crippen molar-refractivity contribution in [2.45, 2.75) is 6.92 Å². The van der Waals surface area contributed by atoms with Gasteiger partial charge >= 0.3 is 5.97 Å². The minimum Gasteiger partial charge on any atom is -0.466 e.